The minimum Gasteiger partial charge on any atom is -0.449 e. The van der Waals surface area contributed by atoms with E-state index in [0.29, 0.717) is 24.2 Å². The summed E-state index contributed by atoms with van der Waals surface area (Å²) in [5.41, 5.74) is 2.50. The Bertz CT molecular complexity index is 1090. The minimum absolute atomic E-state index is 0.0782. The molecule has 1 aliphatic rings. The number of hydrogen-bond donors (Lipinski definition) is 2. The topological polar surface area (TPSA) is 91.5 Å². The number of H-pyrrole nitrogens is 1. The molecular weight excluding hydrogens is 370 g/mol. The molecule has 1 atom stereocenters. The van der Waals surface area contributed by atoms with E-state index in [1.807, 2.05) is 30.3 Å². The quantitative estimate of drug-likeness (QED) is 0.652. The Labute approximate surface area is 167 Å². The molecule has 0 unspecified atom stereocenters. The first kappa shape index (κ1) is 18.7. The number of amides is 2. The molecule has 7 nitrogen and oxygen atoms in total. The van der Waals surface area contributed by atoms with Gasteiger partial charge < -0.3 is 19.9 Å². The van der Waals surface area contributed by atoms with Gasteiger partial charge in [-0.2, -0.15) is 0 Å². The van der Waals surface area contributed by atoms with Gasteiger partial charge >= 0.3 is 5.97 Å². The van der Waals surface area contributed by atoms with Crippen LogP contribution in [0.15, 0.2) is 54.7 Å². The highest BCUT2D eigenvalue weighted by Gasteiger charge is 2.23. The van der Waals surface area contributed by atoms with E-state index in [-0.39, 0.29) is 5.91 Å². The number of nitrogens with one attached hydrogen (secondary N) is 2. The predicted molar refractivity (Wildman–Crippen MR) is 110 cm³/mol. The number of esters is 1. The molecule has 0 bridgehead atoms. The van der Waals surface area contributed by atoms with Crippen LogP contribution in [0.4, 0.5) is 11.4 Å². The van der Waals surface area contributed by atoms with Gasteiger partial charge in [-0.05, 0) is 37.6 Å². The first-order chi connectivity index (χ1) is 14.0. The van der Waals surface area contributed by atoms with E-state index in [9.17, 15) is 14.4 Å². The molecule has 1 aliphatic heterocycles. The van der Waals surface area contributed by atoms with Gasteiger partial charge in [-0.3, -0.25) is 9.59 Å². The van der Waals surface area contributed by atoms with Crippen molar-refractivity contribution in [2.75, 3.05) is 16.8 Å². The number of carbonyl (C=O) groups is 3. The van der Waals surface area contributed by atoms with Crippen molar-refractivity contribution in [3.05, 3.63) is 60.3 Å². The lowest BCUT2D eigenvalue weighted by Gasteiger charge is -2.18. The Morgan fingerprint density at radius 1 is 1.17 bits per heavy atom. The highest BCUT2D eigenvalue weighted by molar-refractivity contribution is 6.05. The summed E-state index contributed by atoms with van der Waals surface area (Å²) in [4.78, 5) is 41.6. The van der Waals surface area contributed by atoms with Gasteiger partial charge in [-0.15, -0.1) is 0 Å². The van der Waals surface area contributed by atoms with Crippen LogP contribution in [0.25, 0.3) is 10.9 Å². The molecule has 4 rings (SSSR count). The molecular formula is C22H21N3O4. The van der Waals surface area contributed by atoms with Crippen molar-refractivity contribution in [3.8, 4) is 0 Å². The van der Waals surface area contributed by atoms with Crippen LogP contribution in [-0.2, 0) is 14.3 Å². The fourth-order valence-corrected chi connectivity index (χ4v) is 3.43. The summed E-state index contributed by atoms with van der Waals surface area (Å²) < 4.78 is 5.35. The molecule has 2 N–H and O–H groups in total. The molecule has 0 spiro atoms. The highest BCUT2D eigenvalue weighted by atomic mass is 16.5. The molecule has 2 amide bonds. The molecule has 1 fully saturated rings. The zero-order chi connectivity index (χ0) is 20.4. The Morgan fingerprint density at radius 2 is 2.00 bits per heavy atom. The average molecular weight is 391 g/mol. The van der Waals surface area contributed by atoms with E-state index in [1.54, 1.807) is 29.3 Å². The summed E-state index contributed by atoms with van der Waals surface area (Å²) in [6.07, 6.45) is 1.97. The van der Waals surface area contributed by atoms with Crippen molar-refractivity contribution >= 4 is 40.1 Å². The number of carbonyl (C=O) groups excluding carboxylic acids is 3. The SMILES string of the molecule is C[C@H](OC(=O)c1c[nH]c2ccccc12)C(=O)Nc1cccc(N2CCCC2=O)c1. The molecule has 1 saturated heterocycles. The van der Waals surface area contributed by atoms with Gasteiger partial charge in [0.05, 0.1) is 5.56 Å². The van der Waals surface area contributed by atoms with Crippen LogP contribution in [0.5, 0.6) is 0 Å². The summed E-state index contributed by atoms with van der Waals surface area (Å²) in [6, 6.07) is 14.5. The third-order valence-electron chi connectivity index (χ3n) is 4.96. The maximum atomic E-state index is 12.5. The van der Waals surface area contributed by atoms with E-state index in [2.05, 4.69) is 10.3 Å². The lowest BCUT2D eigenvalue weighted by molar-refractivity contribution is -0.123. The second-order valence-corrected chi connectivity index (χ2v) is 6.98. The molecule has 148 valence electrons. The van der Waals surface area contributed by atoms with Crippen LogP contribution >= 0.6 is 0 Å². The molecule has 3 aromatic rings. The van der Waals surface area contributed by atoms with Crippen LogP contribution in [0.2, 0.25) is 0 Å². The molecule has 0 saturated carbocycles. The molecule has 0 radical (unpaired) electrons. The van der Waals surface area contributed by atoms with Crippen molar-refractivity contribution in [3.63, 3.8) is 0 Å². The number of aromatic amines is 1. The standard InChI is InChI=1S/C22H21N3O4/c1-14(29-22(28)18-13-23-19-9-3-2-8-17(18)19)21(27)24-15-6-4-7-16(12-15)25-11-5-10-20(25)26/h2-4,6-9,12-14,23H,5,10-11H2,1H3,(H,24,27)/t14-/m0/s1. The summed E-state index contributed by atoms with van der Waals surface area (Å²) in [5.74, 6) is -0.931. The number of para-hydroxylation sites is 1. The summed E-state index contributed by atoms with van der Waals surface area (Å²) in [5, 5.41) is 3.49. The summed E-state index contributed by atoms with van der Waals surface area (Å²) >= 11 is 0. The second kappa shape index (κ2) is 7.79. The number of fused-ring (bicyclic) bond motifs is 1. The number of ether oxygens (including phenoxy) is 1. The third-order valence-corrected chi connectivity index (χ3v) is 4.96. The number of hydrogen-bond acceptors (Lipinski definition) is 4. The first-order valence-electron chi connectivity index (χ1n) is 9.51. The van der Waals surface area contributed by atoms with Gasteiger partial charge in [-0.25, -0.2) is 4.79 Å². The van der Waals surface area contributed by atoms with E-state index < -0.39 is 18.0 Å². The van der Waals surface area contributed by atoms with Gasteiger partial charge in [0.15, 0.2) is 6.10 Å². The maximum Gasteiger partial charge on any atom is 0.341 e. The number of anilines is 2. The fourth-order valence-electron chi connectivity index (χ4n) is 3.43. The normalized spacial score (nSPS) is 14.8. The van der Waals surface area contributed by atoms with E-state index >= 15 is 0 Å². The Hall–Kier alpha value is -3.61. The van der Waals surface area contributed by atoms with Crippen molar-refractivity contribution in [1.82, 2.24) is 4.98 Å². The average Bonchev–Trinajstić information content (AvgIpc) is 3.34. The lowest BCUT2D eigenvalue weighted by atomic mass is 10.2. The highest BCUT2D eigenvalue weighted by Crippen LogP contribution is 2.24. The van der Waals surface area contributed by atoms with Gasteiger partial charge in [0.25, 0.3) is 5.91 Å². The van der Waals surface area contributed by atoms with Crippen LogP contribution in [0.1, 0.15) is 30.1 Å². The Morgan fingerprint density at radius 3 is 2.79 bits per heavy atom. The molecule has 1 aromatic heterocycles. The fraction of sp³-hybridized carbons (Fsp3) is 0.227. The van der Waals surface area contributed by atoms with Crippen LogP contribution in [0.3, 0.4) is 0 Å². The van der Waals surface area contributed by atoms with Crippen LogP contribution in [0, 0.1) is 0 Å². The van der Waals surface area contributed by atoms with Crippen LogP contribution in [-0.4, -0.2) is 35.4 Å². The van der Waals surface area contributed by atoms with Crippen molar-refractivity contribution < 1.29 is 19.1 Å². The summed E-state index contributed by atoms with van der Waals surface area (Å²) in [7, 11) is 0. The first-order valence-corrected chi connectivity index (χ1v) is 9.51. The minimum atomic E-state index is -0.978. The van der Waals surface area contributed by atoms with Gasteiger partial charge in [0.1, 0.15) is 0 Å². The van der Waals surface area contributed by atoms with Crippen LogP contribution < -0.4 is 10.2 Å². The number of aromatic nitrogens is 1. The summed E-state index contributed by atoms with van der Waals surface area (Å²) in [6.45, 7) is 2.20. The number of rotatable bonds is 5. The van der Waals surface area contributed by atoms with Gasteiger partial charge in [-0.1, -0.05) is 24.3 Å². The second-order valence-electron chi connectivity index (χ2n) is 6.98. The zero-order valence-corrected chi connectivity index (χ0v) is 16.0. The maximum absolute atomic E-state index is 12.5. The smallest absolute Gasteiger partial charge is 0.341 e. The largest absolute Gasteiger partial charge is 0.449 e. The van der Waals surface area contributed by atoms with E-state index in [0.717, 1.165) is 23.0 Å². The van der Waals surface area contributed by atoms with Crippen molar-refractivity contribution in [2.24, 2.45) is 0 Å². The number of nitrogens with zero attached hydrogens (tertiary/aromatic N) is 1. The van der Waals surface area contributed by atoms with E-state index in [1.165, 1.54) is 6.92 Å². The Balaban J connectivity index is 1.42. The monoisotopic (exact) mass is 391 g/mol. The van der Waals surface area contributed by atoms with E-state index in [4.69, 9.17) is 4.74 Å². The molecule has 0 aliphatic carbocycles. The lowest BCUT2D eigenvalue weighted by Crippen LogP contribution is -2.30. The van der Waals surface area contributed by atoms with Crippen molar-refractivity contribution in [2.45, 2.75) is 25.9 Å². The molecule has 7 heteroatoms. The molecule has 2 heterocycles. The molecule has 29 heavy (non-hydrogen) atoms. The Kier molecular flexibility index (Phi) is 5.03. The predicted octanol–water partition coefficient (Wildman–Crippen LogP) is 3.48. The molecule has 2 aromatic carbocycles. The van der Waals surface area contributed by atoms with Gasteiger partial charge in [0.2, 0.25) is 5.91 Å². The van der Waals surface area contributed by atoms with Crippen molar-refractivity contribution in [1.29, 1.82) is 0 Å². The zero-order valence-electron chi connectivity index (χ0n) is 16.0. The number of benzene rings is 2. The van der Waals surface area contributed by atoms with Gasteiger partial charge in [0, 0.05) is 41.4 Å². The third kappa shape index (κ3) is 3.85.